The van der Waals surface area contributed by atoms with Crippen LogP contribution in [-0.4, -0.2) is 31.4 Å². The third kappa shape index (κ3) is 3.42. The maximum Gasteiger partial charge on any atom is 0.276 e. The zero-order valence-corrected chi connectivity index (χ0v) is 13.2. The summed E-state index contributed by atoms with van der Waals surface area (Å²) >= 11 is 0. The van der Waals surface area contributed by atoms with E-state index in [1.165, 1.54) is 0 Å². The number of furan rings is 1. The quantitative estimate of drug-likeness (QED) is 0.906. The minimum absolute atomic E-state index is 0.0519. The molecule has 1 N–H and O–H groups in total. The van der Waals surface area contributed by atoms with Gasteiger partial charge in [0.15, 0.2) is 0 Å². The normalized spacial score (nSPS) is 21.5. The van der Waals surface area contributed by atoms with E-state index in [1.807, 2.05) is 20.8 Å². The van der Waals surface area contributed by atoms with Gasteiger partial charge >= 0.3 is 0 Å². The van der Waals surface area contributed by atoms with E-state index in [1.54, 1.807) is 16.4 Å². The summed E-state index contributed by atoms with van der Waals surface area (Å²) in [4.78, 5) is 0. The molecular formula is C14H24N2O3S. The van der Waals surface area contributed by atoms with Crippen molar-refractivity contribution < 1.29 is 12.8 Å². The highest BCUT2D eigenvalue weighted by Crippen LogP contribution is 2.26. The van der Waals surface area contributed by atoms with Crippen molar-refractivity contribution in [2.24, 2.45) is 0 Å². The van der Waals surface area contributed by atoms with Crippen molar-refractivity contribution in [1.82, 2.24) is 9.62 Å². The van der Waals surface area contributed by atoms with Crippen LogP contribution in [-0.2, 0) is 16.6 Å². The minimum Gasteiger partial charge on any atom is -0.447 e. The molecule has 114 valence electrons. The molecule has 2 heterocycles. The zero-order valence-electron chi connectivity index (χ0n) is 12.4. The first kappa shape index (κ1) is 15.5. The minimum atomic E-state index is -3.49. The van der Waals surface area contributed by atoms with Crippen molar-refractivity contribution in [3.05, 3.63) is 17.9 Å². The van der Waals surface area contributed by atoms with Crippen LogP contribution in [0, 0.1) is 0 Å². The van der Waals surface area contributed by atoms with Gasteiger partial charge in [-0.05, 0) is 31.9 Å². The lowest BCUT2D eigenvalue weighted by Crippen LogP contribution is -2.41. The maximum absolute atomic E-state index is 12.6. The first-order chi connectivity index (χ1) is 9.41. The summed E-state index contributed by atoms with van der Waals surface area (Å²) < 4.78 is 32.2. The maximum atomic E-state index is 12.6. The Hall–Kier alpha value is -0.850. The number of nitrogens with zero attached hydrogens (tertiary/aromatic N) is 1. The number of hydrogen-bond acceptors (Lipinski definition) is 4. The molecule has 1 saturated heterocycles. The van der Waals surface area contributed by atoms with E-state index in [0.29, 0.717) is 24.9 Å². The first-order valence-corrected chi connectivity index (χ1v) is 8.69. The molecule has 1 unspecified atom stereocenters. The largest absolute Gasteiger partial charge is 0.447 e. The molecule has 0 aliphatic carbocycles. The molecule has 2 rings (SSSR count). The van der Waals surface area contributed by atoms with Crippen LogP contribution < -0.4 is 5.32 Å². The van der Waals surface area contributed by atoms with Gasteiger partial charge in [-0.15, -0.1) is 0 Å². The van der Waals surface area contributed by atoms with E-state index in [0.717, 1.165) is 19.3 Å². The highest BCUT2D eigenvalue weighted by atomic mass is 32.2. The van der Waals surface area contributed by atoms with E-state index in [-0.39, 0.29) is 11.1 Å². The Morgan fingerprint density at radius 3 is 2.80 bits per heavy atom. The fourth-order valence-corrected chi connectivity index (χ4v) is 4.07. The highest BCUT2D eigenvalue weighted by molar-refractivity contribution is 7.89. The monoisotopic (exact) mass is 300 g/mol. The van der Waals surface area contributed by atoms with Crippen molar-refractivity contribution >= 4 is 10.0 Å². The van der Waals surface area contributed by atoms with Crippen LogP contribution in [0.1, 0.15) is 45.8 Å². The molecule has 1 aromatic rings. The van der Waals surface area contributed by atoms with Gasteiger partial charge in [0.2, 0.25) is 5.09 Å². The van der Waals surface area contributed by atoms with E-state index in [9.17, 15) is 8.42 Å². The molecule has 0 saturated carbocycles. The topological polar surface area (TPSA) is 62.6 Å². The average molecular weight is 300 g/mol. The van der Waals surface area contributed by atoms with Crippen molar-refractivity contribution in [2.75, 3.05) is 6.54 Å². The molecular weight excluding hydrogens is 276 g/mol. The summed E-state index contributed by atoms with van der Waals surface area (Å²) in [6.07, 6.45) is 2.93. The van der Waals surface area contributed by atoms with Gasteiger partial charge in [0.05, 0.1) is 6.54 Å². The fourth-order valence-electron chi connectivity index (χ4n) is 2.44. The molecule has 0 spiro atoms. The Bertz CT molecular complexity index is 536. The standard InChI is InChI=1S/C14H24N2O3S/c1-11(2)15-10-13-7-8-14(19-13)20(17,18)16-9-5-4-6-12(16)3/h7-8,11-12,15H,4-6,9-10H2,1-3H3. The number of sulfonamides is 1. The van der Waals surface area contributed by atoms with E-state index < -0.39 is 10.0 Å². The molecule has 1 aliphatic heterocycles. The van der Waals surface area contributed by atoms with Crippen molar-refractivity contribution in [3.63, 3.8) is 0 Å². The molecule has 1 aliphatic rings. The molecule has 1 fully saturated rings. The zero-order chi connectivity index (χ0) is 14.8. The SMILES string of the molecule is CC(C)NCc1ccc(S(=O)(=O)N2CCCCC2C)o1. The van der Waals surface area contributed by atoms with Gasteiger partial charge in [0, 0.05) is 18.6 Å². The van der Waals surface area contributed by atoms with Crippen molar-refractivity contribution in [1.29, 1.82) is 0 Å². The number of hydrogen-bond donors (Lipinski definition) is 1. The number of nitrogens with one attached hydrogen (secondary N) is 1. The van der Waals surface area contributed by atoms with Crippen molar-refractivity contribution in [2.45, 2.75) is 63.8 Å². The van der Waals surface area contributed by atoms with Crippen LogP contribution in [0.25, 0.3) is 0 Å². The van der Waals surface area contributed by atoms with Gasteiger partial charge in [0.25, 0.3) is 10.0 Å². The molecule has 20 heavy (non-hydrogen) atoms. The van der Waals surface area contributed by atoms with Crippen LogP contribution >= 0.6 is 0 Å². The summed E-state index contributed by atoms with van der Waals surface area (Å²) in [6, 6.07) is 3.68. The van der Waals surface area contributed by atoms with Gasteiger partial charge in [-0.3, -0.25) is 0 Å². The molecule has 0 aromatic carbocycles. The number of rotatable bonds is 5. The second-order valence-electron chi connectivity index (χ2n) is 5.72. The van der Waals surface area contributed by atoms with Gasteiger partial charge in [-0.1, -0.05) is 20.3 Å². The molecule has 6 heteroatoms. The van der Waals surface area contributed by atoms with Gasteiger partial charge in [-0.25, -0.2) is 8.42 Å². The third-order valence-electron chi connectivity index (χ3n) is 3.63. The average Bonchev–Trinajstić information content (AvgIpc) is 2.86. The highest BCUT2D eigenvalue weighted by Gasteiger charge is 2.33. The Labute approximate surface area is 121 Å². The number of piperidine rings is 1. The summed E-state index contributed by atoms with van der Waals surface area (Å²) in [7, 11) is -3.49. The summed E-state index contributed by atoms with van der Waals surface area (Å²) in [5.74, 6) is 0.655. The fraction of sp³-hybridized carbons (Fsp3) is 0.714. The summed E-state index contributed by atoms with van der Waals surface area (Å²) in [5, 5.41) is 3.27. The smallest absolute Gasteiger partial charge is 0.276 e. The lowest BCUT2D eigenvalue weighted by atomic mass is 10.1. The van der Waals surface area contributed by atoms with E-state index in [4.69, 9.17) is 4.42 Å². The van der Waals surface area contributed by atoms with Gasteiger partial charge < -0.3 is 9.73 Å². The molecule has 1 atom stereocenters. The van der Waals surface area contributed by atoms with Gasteiger partial charge in [-0.2, -0.15) is 4.31 Å². The summed E-state index contributed by atoms with van der Waals surface area (Å²) in [5.41, 5.74) is 0. The summed E-state index contributed by atoms with van der Waals surface area (Å²) in [6.45, 7) is 7.17. The van der Waals surface area contributed by atoms with Crippen LogP contribution in [0.3, 0.4) is 0 Å². The van der Waals surface area contributed by atoms with Crippen LogP contribution in [0.2, 0.25) is 0 Å². The molecule has 1 aromatic heterocycles. The third-order valence-corrected chi connectivity index (χ3v) is 5.51. The Morgan fingerprint density at radius 1 is 1.40 bits per heavy atom. The predicted octanol–water partition coefficient (Wildman–Crippen LogP) is 2.34. The Balaban J connectivity index is 2.13. The molecule has 0 bridgehead atoms. The predicted molar refractivity (Wildman–Crippen MR) is 77.9 cm³/mol. The van der Waals surface area contributed by atoms with E-state index >= 15 is 0 Å². The first-order valence-electron chi connectivity index (χ1n) is 7.25. The lowest BCUT2D eigenvalue weighted by Gasteiger charge is -2.31. The molecule has 0 radical (unpaired) electrons. The molecule has 0 amide bonds. The van der Waals surface area contributed by atoms with Crippen LogP contribution in [0.5, 0.6) is 0 Å². The Kier molecular flexibility index (Phi) is 4.88. The van der Waals surface area contributed by atoms with Crippen LogP contribution in [0.4, 0.5) is 0 Å². The van der Waals surface area contributed by atoms with Crippen molar-refractivity contribution in [3.8, 4) is 0 Å². The van der Waals surface area contributed by atoms with Gasteiger partial charge in [0.1, 0.15) is 5.76 Å². The second kappa shape index (κ2) is 6.28. The second-order valence-corrected chi connectivity index (χ2v) is 7.54. The lowest BCUT2D eigenvalue weighted by molar-refractivity contribution is 0.260. The van der Waals surface area contributed by atoms with Crippen LogP contribution in [0.15, 0.2) is 21.6 Å². The van der Waals surface area contributed by atoms with E-state index in [2.05, 4.69) is 5.32 Å². The Morgan fingerprint density at radius 2 is 2.15 bits per heavy atom. The molecule has 5 nitrogen and oxygen atoms in total.